The highest BCUT2D eigenvalue weighted by Gasteiger charge is 2.32. The van der Waals surface area contributed by atoms with E-state index < -0.39 is 28.8 Å². The van der Waals surface area contributed by atoms with Crippen LogP contribution in [0.5, 0.6) is 5.75 Å². The second-order valence-electron chi connectivity index (χ2n) is 5.88. The van der Waals surface area contributed by atoms with Crippen molar-refractivity contribution in [3.05, 3.63) is 73.3 Å². The van der Waals surface area contributed by atoms with Crippen LogP contribution in [0.4, 0.5) is 13.2 Å². The standard InChI is InChI=1S/C17H14F3N3O4/c1-21-10(8-14(25)22(2)16(21)26)9-23-7-6-12(24)11-4-3-5-13(15(11)23)27-17(18,19)20/h3-8H,9H2,1-2H3. The summed E-state index contributed by atoms with van der Waals surface area (Å²) < 4.78 is 45.7. The number of hydrogen-bond donors (Lipinski definition) is 0. The lowest BCUT2D eigenvalue weighted by molar-refractivity contribution is -0.274. The Morgan fingerprint density at radius 2 is 1.74 bits per heavy atom. The van der Waals surface area contributed by atoms with Gasteiger partial charge in [-0.25, -0.2) is 4.79 Å². The third kappa shape index (κ3) is 3.50. The molecule has 3 rings (SSSR count). The fourth-order valence-corrected chi connectivity index (χ4v) is 2.78. The lowest BCUT2D eigenvalue weighted by Gasteiger charge is -2.17. The minimum absolute atomic E-state index is 0.0214. The number of hydrogen-bond acceptors (Lipinski definition) is 4. The highest BCUT2D eigenvalue weighted by molar-refractivity contribution is 5.84. The Kier molecular flexibility index (Phi) is 4.42. The molecule has 3 aromatic rings. The van der Waals surface area contributed by atoms with E-state index in [1.807, 2.05) is 0 Å². The fraction of sp³-hybridized carbons (Fsp3) is 0.235. The molecule has 0 saturated heterocycles. The summed E-state index contributed by atoms with van der Waals surface area (Å²) in [6.45, 7) is -0.114. The van der Waals surface area contributed by atoms with E-state index in [1.165, 1.54) is 53.7 Å². The number of ether oxygens (including phenoxy) is 1. The van der Waals surface area contributed by atoms with E-state index in [9.17, 15) is 27.6 Å². The van der Waals surface area contributed by atoms with Crippen molar-refractivity contribution < 1.29 is 17.9 Å². The number of aromatic nitrogens is 3. The van der Waals surface area contributed by atoms with Crippen molar-refractivity contribution in [3.63, 3.8) is 0 Å². The van der Waals surface area contributed by atoms with Gasteiger partial charge in [0.1, 0.15) is 0 Å². The molecule has 7 nitrogen and oxygen atoms in total. The molecule has 0 aliphatic rings. The quantitative estimate of drug-likeness (QED) is 0.686. The third-order valence-corrected chi connectivity index (χ3v) is 4.14. The van der Waals surface area contributed by atoms with Crippen molar-refractivity contribution in [1.82, 2.24) is 13.7 Å². The monoisotopic (exact) mass is 381 g/mol. The first-order valence-corrected chi connectivity index (χ1v) is 7.72. The van der Waals surface area contributed by atoms with Crippen molar-refractivity contribution in [3.8, 4) is 5.75 Å². The molecule has 2 aromatic heterocycles. The maximum Gasteiger partial charge on any atom is 0.573 e. The Hall–Kier alpha value is -3.30. The first kappa shape index (κ1) is 18.5. The molecule has 27 heavy (non-hydrogen) atoms. The zero-order chi connectivity index (χ0) is 19.9. The molecule has 0 radical (unpaired) electrons. The van der Waals surface area contributed by atoms with Gasteiger partial charge in [0.2, 0.25) is 0 Å². The Balaban J connectivity index is 2.24. The largest absolute Gasteiger partial charge is 0.573 e. The summed E-state index contributed by atoms with van der Waals surface area (Å²) in [5.74, 6) is -0.550. The average molecular weight is 381 g/mol. The second-order valence-corrected chi connectivity index (χ2v) is 5.88. The molecule has 10 heteroatoms. The van der Waals surface area contributed by atoms with Crippen LogP contribution in [0.15, 0.2) is 50.9 Å². The van der Waals surface area contributed by atoms with Crippen molar-refractivity contribution in [1.29, 1.82) is 0 Å². The molecular weight excluding hydrogens is 367 g/mol. The topological polar surface area (TPSA) is 75.2 Å². The van der Waals surface area contributed by atoms with Gasteiger partial charge in [-0.2, -0.15) is 0 Å². The number of para-hydroxylation sites is 1. The molecule has 0 aliphatic heterocycles. The Labute approximate surface area is 149 Å². The van der Waals surface area contributed by atoms with Crippen molar-refractivity contribution in [2.45, 2.75) is 12.9 Å². The zero-order valence-electron chi connectivity index (χ0n) is 14.3. The van der Waals surface area contributed by atoms with E-state index in [1.54, 1.807) is 0 Å². The highest BCUT2D eigenvalue weighted by atomic mass is 19.4. The van der Waals surface area contributed by atoms with E-state index in [0.717, 1.165) is 10.6 Å². The molecule has 0 fully saturated rings. The Bertz CT molecular complexity index is 1210. The highest BCUT2D eigenvalue weighted by Crippen LogP contribution is 2.29. The molecule has 0 saturated carbocycles. The first-order valence-electron chi connectivity index (χ1n) is 7.72. The van der Waals surface area contributed by atoms with E-state index in [2.05, 4.69) is 4.74 Å². The SMILES string of the molecule is Cn1c(Cn2ccc(=O)c3cccc(OC(F)(F)F)c32)cc(=O)n(C)c1=O. The van der Waals surface area contributed by atoms with Gasteiger partial charge in [-0.1, -0.05) is 6.07 Å². The van der Waals surface area contributed by atoms with Crippen LogP contribution in [0.3, 0.4) is 0 Å². The minimum Gasteiger partial charge on any atom is -0.404 e. The molecule has 142 valence electrons. The second kappa shape index (κ2) is 6.45. The van der Waals surface area contributed by atoms with Gasteiger partial charge in [-0.05, 0) is 12.1 Å². The number of fused-ring (bicyclic) bond motifs is 1. The van der Waals surface area contributed by atoms with Gasteiger partial charge in [0.15, 0.2) is 11.2 Å². The summed E-state index contributed by atoms with van der Waals surface area (Å²) >= 11 is 0. The maximum absolute atomic E-state index is 12.7. The van der Waals surface area contributed by atoms with Crippen LogP contribution in [-0.2, 0) is 20.6 Å². The molecule has 2 heterocycles. The van der Waals surface area contributed by atoms with Crippen molar-refractivity contribution in [2.75, 3.05) is 0 Å². The zero-order valence-corrected chi connectivity index (χ0v) is 14.3. The van der Waals surface area contributed by atoms with Gasteiger partial charge < -0.3 is 9.30 Å². The van der Waals surface area contributed by atoms with Gasteiger partial charge in [-0.3, -0.25) is 18.7 Å². The Morgan fingerprint density at radius 3 is 2.41 bits per heavy atom. The van der Waals surface area contributed by atoms with Gasteiger partial charge in [-0.15, -0.1) is 13.2 Å². The van der Waals surface area contributed by atoms with Crippen LogP contribution in [-0.4, -0.2) is 20.1 Å². The van der Waals surface area contributed by atoms with Gasteiger partial charge in [0.25, 0.3) is 5.56 Å². The van der Waals surface area contributed by atoms with Crippen LogP contribution < -0.4 is 21.4 Å². The molecule has 0 spiro atoms. The summed E-state index contributed by atoms with van der Waals surface area (Å²) in [6, 6.07) is 6.15. The molecule has 0 aliphatic carbocycles. The van der Waals surface area contributed by atoms with Crippen molar-refractivity contribution in [2.24, 2.45) is 14.1 Å². The third-order valence-electron chi connectivity index (χ3n) is 4.14. The average Bonchev–Trinajstić information content (AvgIpc) is 2.59. The van der Waals surface area contributed by atoms with Gasteiger partial charge in [0, 0.05) is 43.5 Å². The molecule has 1 aromatic carbocycles. The van der Waals surface area contributed by atoms with Crippen LogP contribution in [0.2, 0.25) is 0 Å². The van der Waals surface area contributed by atoms with E-state index in [0.29, 0.717) is 0 Å². The van der Waals surface area contributed by atoms with Gasteiger partial charge >= 0.3 is 12.1 Å². The maximum atomic E-state index is 12.7. The molecular formula is C17H14F3N3O4. The smallest absolute Gasteiger partial charge is 0.404 e. The molecule has 0 bridgehead atoms. The minimum atomic E-state index is -4.94. The number of benzene rings is 1. The van der Waals surface area contributed by atoms with E-state index >= 15 is 0 Å². The van der Waals surface area contributed by atoms with Crippen LogP contribution in [0, 0.1) is 0 Å². The first-order chi connectivity index (χ1) is 12.6. The predicted octanol–water partition coefficient (Wildman–Crippen LogP) is 1.35. The number of halogens is 3. The van der Waals surface area contributed by atoms with E-state index in [-0.39, 0.29) is 23.1 Å². The molecule has 0 N–H and O–H groups in total. The number of rotatable bonds is 3. The summed E-state index contributed by atoms with van der Waals surface area (Å²) in [4.78, 5) is 36.0. The van der Waals surface area contributed by atoms with Crippen LogP contribution in [0.25, 0.3) is 10.9 Å². The summed E-state index contributed by atoms with van der Waals surface area (Å²) in [7, 11) is 2.76. The summed E-state index contributed by atoms with van der Waals surface area (Å²) in [5.41, 5.74) is -1.43. The summed E-state index contributed by atoms with van der Waals surface area (Å²) in [6.07, 6.45) is -3.66. The van der Waals surface area contributed by atoms with Gasteiger partial charge in [0.05, 0.1) is 12.1 Å². The van der Waals surface area contributed by atoms with Crippen LogP contribution in [0.1, 0.15) is 5.69 Å². The Morgan fingerprint density at radius 1 is 1.04 bits per heavy atom. The molecule has 0 amide bonds. The van der Waals surface area contributed by atoms with Crippen LogP contribution >= 0.6 is 0 Å². The summed E-state index contributed by atoms with van der Waals surface area (Å²) in [5, 5.41) is 0.0214. The molecule has 0 unspecified atom stereocenters. The molecule has 0 atom stereocenters. The van der Waals surface area contributed by atoms with E-state index in [4.69, 9.17) is 0 Å². The number of pyridine rings is 1. The number of alkyl halides is 3. The predicted molar refractivity (Wildman–Crippen MR) is 90.9 cm³/mol. The fourth-order valence-electron chi connectivity index (χ4n) is 2.78. The number of nitrogens with zero attached hydrogens (tertiary/aromatic N) is 3. The lowest BCUT2D eigenvalue weighted by atomic mass is 10.2. The normalized spacial score (nSPS) is 11.7. The van der Waals surface area contributed by atoms with Crippen molar-refractivity contribution >= 4 is 10.9 Å². The lowest BCUT2D eigenvalue weighted by Crippen LogP contribution is -2.38.